The standard InChI is InChI=1S/C22H34N4O8/c1-7-33-17(29)21(31)15(27)23-9-20(5,6)12-26-14(23)13-24(10-19(3,4)11-25(13)21)16(28)22(26,32)18(30)34-8-2/h13-14,31-32H,7-12H2,1-6H3/t13-,14+,21-,22+. The molecule has 0 aromatic rings. The SMILES string of the molecule is CCOC(=O)[C@]1(O)C(=O)N2CC(C)(C)CN3[C@H]2[C@@H]2N(CC(C)(C)CN21)C(=O)[C@]3(O)C(=O)OCC. The molecular weight excluding hydrogens is 448 g/mol. The van der Waals surface area contributed by atoms with Crippen molar-refractivity contribution in [2.24, 2.45) is 10.8 Å². The third-order valence-electron chi connectivity index (χ3n) is 7.01. The van der Waals surface area contributed by atoms with E-state index in [1.807, 2.05) is 0 Å². The predicted molar refractivity (Wildman–Crippen MR) is 115 cm³/mol. The summed E-state index contributed by atoms with van der Waals surface area (Å²) in [6, 6.07) is 0. The summed E-state index contributed by atoms with van der Waals surface area (Å²) >= 11 is 0. The first-order valence-electron chi connectivity index (χ1n) is 11.6. The molecular formula is C22H34N4O8. The van der Waals surface area contributed by atoms with Crippen molar-refractivity contribution in [2.45, 2.75) is 65.3 Å². The van der Waals surface area contributed by atoms with E-state index in [1.54, 1.807) is 41.5 Å². The molecule has 4 fully saturated rings. The van der Waals surface area contributed by atoms with Gasteiger partial charge in [-0.05, 0) is 24.7 Å². The number of rotatable bonds is 4. The lowest BCUT2D eigenvalue weighted by Gasteiger charge is -2.69. The number of hydrogen-bond acceptors (Lipinski definition) is 10. The molecule has 2 N–H and O–H groups in total. The molecule has 0 aromatic carbocycles. The van der Waals surface area contributed by atoms with Crippen LogP contribution in [0.15, 0.2) is 0 Å². The zero-order valence-corrected chi connectivity index (χ0v) is 20.5. The number of hydrogen-bond donors (Lipinski definition) is 2. The van der Waals surface area contributed by atoms with Gasteiger partial charge in [0, 0.05) is 26.2 Å². The Balaban J connectivity index is 1.95. The fraction of sp³-hybridized carbons (Fsp3) is 0.818. The van der Waals surface area contributed by atoms with Crippen molar-refractivity contribution >= 4 is 23.8 Å². The second kappa shape index (κ2) is 7.61. The fourth-order valence-corrected chi connectivity index (χ4v) is 5.81. The van der Waals surface area contributed by atoms with Crippen LogP contribution in [-0.2, 0) is 28.7 Å². The number of ether oxygens (including phenoxy) is 2. The van der Waals surface area contributed by atoms with Crippen molar-refractivity contribution in [2.75, 3.05) is 39.4 Å². The van der Waals surface area contributed by atoms with Crippen molar-refractivity contribution in [1.82, 2.24) is 19.6 Å². The normalized spacial score (nSPS) is 36.7. The Bertz CT molecular complexity index is 864. The van der Waals surface area contributed by atoms with Crippen LogP contribution in [0, 0.1) is 10.8 Å². The Labute approximate surface area is 198 Å². The summed E-state index contributed by atoms with van der Waals surface area (Å²) in [5.74, 6) is -4.07. The van der Waals surface area contributed by atoms with Gasteiger partial charge in [-0.25, -0.2) is 19.4 Å². The van der Waals surface area contributed by atoms with Crippen LogP contribution in [0.3, 0.4) is 0 Å². The van der Waals surface area contributed by atoms with Crippen LogP contribution in [0.5, 0.6) is 0 Å². The second-order valence-corrected chi connectivity index (χ2v) is 11.1. The van der Waals surface area contributed by atoms with Crippen LogP contribution in [0.1, 0.15) is 41.5 Å². The highest BCUT2D eigenvalue weighted by Crippen LogP contribution is 2.48. The van der Waals surface area contributed by atoms with E-state index in [2.05, 4.69) is 0 Å². The van der Waals surface area contributed by atoms with Crippen molar-refractivity contribution in [3.63, 3.8) is 0 Å². The molecule has 4 aliphatic rings. The molecule has 4 saturated heterocycles. The van der Waals surface area contributed by atoms with Crippen molar-refractivity contribution in [1.29, 1.82) is 0 Å². The molecule has 0 unspecified atom stereocenters. The quantitative estimate of drug-likeness (QED) is 0.360. The number of esters is 2. The molecule has 0 spiro atoms. The Morgan fingerprint density at radius 1 is 0.765 bits per heavy atom. The molecule has 2 amide bonds. The largest absolute Gasteiger partial charge is 0.462 e. The lowest BCUT2D eigenvalue weighted by Crippen LogP contribution is -2.92. The Kier molecular flexibility index (Phi) is 5.56. The molecule has 190 valence electrons. The van der Waals surface area contributed by atoms with Crippen molar-refractivity contribution < 1.29 is 38.9 Å². The summed E-state index contributed by atoms with van der Waals surface area (Å²) in [5, 5.41) is 23.3. The number of amides is 2. The lowest BCUT2D eigenvalue weighted by atomic mass is 9.78. The van der Waals surface area contributed by atoms with E-state index in [4.69, 9.17) is 9.47 Å². The topological polar surface area (TPSA) is 140 Å². The maximum absolute atomic E-state index is 13.8. The van der Waals surface area contributed by atoms with Gasteiger partial charge in [0.1, 0.15) is 12.3 Å². The first-order valence-corrected chi connectivity index (χ1v) is 11.6. The minimum absolute atomic E-state index is 0.0530. The van der Waals surface area contributed by atoms with Gasteiger partial charge < -0.3 is 29.5 Å². The molecule has 12 nitrogen and oxygen atoms in total. The number of carbonyl (C=O) groups excluding carboxylic acids is 4. The van der Waals surface area contributed by atoms with E-state index >= 15 is 0 Å². The van der Waals surface area contributed by atoms with Gasteiger partial charge in [0.2, 0.25) is 0 Å². The molecule has 4 rings (SSSR count). The monoisotopic (exact) mass is 482 g/mol. The van der Waals surface area contributed by atoms with Gasteiger partial charge >= 0.3 is 23.4 Å². The van der Waals surface area contributed by atoms with Crippen LogP contribution < -0.4 is 0 Å². The Hall–Kier alpha value is -2.28. The average molecular weight is 483 g/mol. The minimum atomic E-state index is -2.66. The molecule has 0 aliphatic carbocycles. The van der Waals surface area contributed by atoms with Gasteiger partial charge in [-0.1, -0.05) is 27.7 Å². The van der Waals surface area contributed by atoms with Gasteiger partial charge in [-0.15, -0.1) is 0 Å². The lowest BCUT2D eigenvalue weighted by molar-refractivity contribution is -0.308. The van der Waals surface area contributed by atoms with E-state index in [0.29, 0.717) is 0 Å². The smallest absolute Gasteiger partial charge is 0.364 e. The van der Waals surface area contributed by atoms with Gasteiger partial charge in [-0.2, -0.15) is 0 Å². The summed E-state index contributed by atoms with van der Waals surface area (Å²) in [4.78, 5) is 58.8. The summed E-state index contributed by atoms with van der Waals surface area (Å²) in [6.07, 6.45) is -1.98. The summed E-state index contributed by atoms with van der Waals surface area (Å²) < 4.78 is 10.2. The molecule has 0 bridgehead atoms. The molecule has 4 heterocycles. The highest BCUT2D eigenvalue weighted by Gasteiger charge is 2.74. The summed E-state index contributed by atoms with van der Waals surface area (Å²) in [7, 11) is 0. The number of aliphatic hydroxyl groups is 2. The highest BCUT2D eigenvalue weighted by atomic mass is 16.6. The first kappa shape index (κ1) is 24.8. The van der Waals surface area contributed by atoms with Crippen LogP contribution in [0.25, 0.3) is 0 Å². The average Bonchev–Trinajstić information content (AvgIpc) is 2.74. The van der Waals surface area contributed by atoms with E-state index in [-0.39, 0.29) is 39.4 Å². The van der Waals surface area contributed by atoms with E-state index < -0.39 is 58.4 Å². The molecule has 0 saturated carbocycles. The highest BCUT2D eigenvalue weighted by molar-refractivity contribution is 6.09. The van der Waals surface area contributed by atoms with E-state index in [1.165, 1.54) is 19.6 Å². The summed E-state index contributed by atoms with van der Waals surface area (Å²) in [5.41, 5.74) is -6.71. The van der Waals surface area contributed by atoms with Crippen LogP contribution in [0.4, 0.5) is 0 Å². The number of nitrogens with zero attached hydrogens (tertiary/aromatic N) is 4. The molecule has 0 aromatic heterocycles. The second-order valence-electron chi connectivity index (χ2n) is 11.1. The van der Waals surface area contributed by atoms with Crippen LogP contribution >= 0.6 is 0 Å². The molecule has 34 heavy (non-hydrogen) atoms. The van der Waals surface area contributed by atoms with Crippen molar-refractivity contribution in [3.8, 4) is 0 Å². The number of piperazine rings is 2. The molecule has 4 aliphatic heterocycles. The fourth-order valence-electron chi connectivity index (χ4n) is 5.81. The molecule has 4 atom stereocenters. The number of carbonyl (C=O) groups is 4. The zero-order valence-electron chi connectivity index (χ0n) is 20.5. The van der Waals surface area contributed by atoms with Gasteiger partial charge in [0.25, 0.3) is 11.8 Å². The first-order chi connectivity index (χ1) is 15.7. The molecule has 0 radical (unpaired) electrons. The minimum Gasteiger partial charge on any atom is -0.462 e. The van der Waals surface area contributed by atoms with Crippen LogP contribution in [0.2, 0.25) is 0 Å². The van der Waals surface area contributed by atoms with Gasteiger partial charge in [-0.3, -0.25) is 9.59 Å². The maximum Gasteiger partial charge on any atom is 0.364 e. The third kappa shape index (κ3) is 3.19. The predicted octanol–water partition coefficient (Wildman–Crippen LogP) is -1.49. The maximum atomic E-state index is 13.8. The Morgan fingerprint density at radius 2 is 1.09 bits per heavy atom. The van der Waals surface area contributed by atoms with E-state index in [0.717, 1.165) is 0 Å². The van der Waals surface area contributed by atoms with Gasteiger partial charge in [0.05, 0.1) is 13.2 Å². The van der Waals surface area contributed by atoms with Crippen LogP contribution in [-0.4, -0.2) is 117 Å². The Morgan fingerprint density at radius 3 is 1.38 bits per heavy atom. The van der Waals surface area contributed by atoms with Crippen molar-refractivity contribution in [3.05, 3.63) is 0 Å². The van der Waals surface area contributed by atoms with Gasteiger partial charge in [0.15, 0.2) is 0 Å². The molecule has 12 heteroatoms. The van der Waals surface area contributed by atoms with E-state index in [9.17, 15) is 29.4 Å². The summed E-state index contributed by atoms with van der Waals surface area (Å²) in [6.45, 7) is 10.7. The zero-order chi connectivity index (χ0) is 25.4. The third-order valence-corrected chi connectivity index (χ3v) is 7.01.